The van der Waals surface area contributed by atoms with Crippen molar-refractivity contribution < 1.29 is 19.2 Å². The van der Waals surface area contributed by atoms with Crippen LogP contribution in [0.2, 0.25) is 0 Å². The molecule has 0 bridgehead atoms. The van der Waals surface area contributed by atoms with Gasteiger partial charge in [0.15, 0.2) is 5.13 Å². The summed E-state index contributed by atoms with van der Waals surface area (Å²) in [5, 5.41) is 6.86. The number of rotatable bonds is 9. The van der Waals surface area contributed by atoms with Gasteiger partial charge in [-0.3, -0.25) is 19.4 Å². The predicted octanol–water partition coefficient (Wildman–Crippen LogP) is 5.07. The number of hydrazine groups is 1. The Bertz CT molecular complexity index is 2210. The van der Waals surface area contributed by atoms with E-state index < -0.39 is 12.2 Å². The predicted molar refractivity (Wildman–Crippen MR) is 204 cm³/mol. The summed E-state index contributed by atoms with van der Waals surface area (Å²) in [5.41, 5.74) is 10.6. The van der Waals surface area contributed by atoms with Crippen LogP contribution in [0.15, 0.2) is 103 Å². The number of thiazole rings is 1. The lowest BCUT2D eigenvalue weighted by atomic mass is 9.99. The molecule has 2 aliphatic heterocycles. The number of carbonyl (C=O) groups is 4. The van der Waals surface area contributed by atoms with E-state index in [1.807, 2.05) is 92.7 Å². The Morgan fingerprint density at radius 1 is 0.943 bits per heavy atom. The molecule has 2 atom stereocenters. The molecular formula is C41H39N7O4S. The van der Waals surface area contributed by atoms with Gasteiger partial charge in [-0.05, 0) is 54.7 Å². The summed E-state index contributed by atoms with van der Waals surface area (Å²) in [5.74, 6) is 4.93. The first-order valence-corrected chi connectivity index (χ1v) is 18.3. The fourth-order valence-corrected chi connectivity index (χ4v) is 7.74. The smallest absolute Gasteiger partial charge is 0.332 e. The maximum absolute atomic E-state index is 14.5. The van der Waals surface area contributed by atoms with Crippen molar-refractivity contribution in [3.8, 4) is 11.8 Å². The summed E-state index contributed by atoms with van der Waals surface area (Å²) in [7, 11) is 0. The van der Waals surface area contributed by atoms with Crippen molar-refractivity contribution in [3.05, 3.63) is 131 Å². The van der Waals surface area contributed by atoms with Crippen LogP contribution in [0.4, 0.5) is 9.93 Å². The third kappa shape index (κ3) is 7.62. The van der Waals surface area contributed by atoms with Gasteiger partial charge in [0.05, 0.1) is 23.3 Å². The van der Waals surface area contributed by atoms with E-state index in [1.54, 1.807) is 44.1 Å². The number of carbonyl (C=O) groups excluding carboxylic acids is 4. The summed E-state index contributed by atoms with van der Waals surface area (Å²) in [6.07, 6.45) is -0.346. The molecule has 0 radical (unpaired) electrons. The second-order valence-electron chi connectivity index (χ2n) is 13.4. The van der Waals surface area contributed by atoms with Crippen molar-refractivity contribution in [1.82, 2.24) is 30.1 Å². The van der Waals surface area contributed by atoms with Crippen LogP contribution in [-0.2, 0) is 29.1 Å². The molecule has 0 spiro atoms. The lowest BCUT2D eigenvalue weighted by Crippen LogP contribution is -2.66. The minimum Gasteiger partial charge on any atom is -0.375 e. The topological polar surface area (TPSA) is 132 Å². The molecule has 4 aromatic carbocycles. The van der Waals surface area contributed by atoms with Gasteiger partial charge >= 0.3 is 6.03 Å². The van der Waals surface area contributed by atoms with E-state index in [-0.39, 0.29) is 55.7 Å². The zero-order valence-corrected chi connectivity index (χ0v) is 30.3. The lowest BCUT2D eigenvalue weighted by molar-refractivity contribution is -0.158. The number of ketones is 1. The van der Waals surface area contributed by atoms with Gasteiger partial charge in [-0.25, -0.2) is 9.78 Å². The molecule has 12 heteroatoms. The average Bonchev–Trinajstić information content (AvgIpc) is 3.71. The molecule has 268 valence electrons. The molecular weight excluding hydrogens is 687 g/mol. The van der Waals surface area contributed by atoms with E-state index in [9.17, 15) is 19.2 Å². The van der Waals surface area contributed by atoms with Crippen LogP contribution < -0.4 is 11.1 Å². The Morgan fingerprint density at radius 2 is 1.66 bits per heavy atom. The molecule has 3 N–H and O–H groups in total. The zero-order valence-electron chi connectivity index (χ0n) is 29.4. The molecule has 2 aliphatic rings. The summed E-state index contributed by atoms with van der Waals surface area (Å²) < 4.78 is 0.926. The summed E-state index contributed by atoms with van der Waals surface area (Å²) >= 11 is 1.39. The molecule has 7 rings (SSSR count). The Balaban J connectivity index is 1.17. The van der Waals surface area contributed by atoms with Crippen molar-refractivity contribution in [2.75, 3.05) is 18.8 Å². The number of nitrogens with one attached hydrogen (secondary N) is 1. The minimum absolute atomic E-state index is 0.0542. The van der Waals surface area contributed by atoms with Crippen LogP contribution in [0.25, 0.3) is 10.2 Å². The second kappa shape index (κ2) is 15.3. The first-order chi connectivity index (χ1) is 25.7. The van der Waals surface area contributed by atoms with Gasteiger partial charge < -0.3 is 20.9 Å². The quantitative estimate of drug-likeness (QED) is 0.160. The Hall–Kier alpha value is -6.03. The van der Waals surface area contributed by atoms with Crippen LogP contribution >= 0.6 is 11.3 Å². The number of hydrogen-bond acceptors (Lipinski definition) is 8. The number of amides is 4. The first kappa shape index (κ1) is 35.4. The van der Waals surface area contributed by atoms with E-state index in [0.29, 0.717) is 22.8 Å². The van der Waals surface area contributed by atoms with Gasteiger partial charge in [-0.2, -0.15) is 5.01 Å². The number of aromatic nitrogens is 1. The molecule has 0 unspecified atom stereocenters. The third-order valence-electron chi connectivity index (χ3n) is 9.45. The van der Waals surface area contributed by atoms with Crippen LogP contribution in [-0.4, -0.2) is 79.8 Å². The van der Waals surface area contributed by atoms with Gasteiger partial charge in [0.25, 0.3) is 0 Å². The highest BCUT2D eigenvalue weighted by Gasteiger charge is 2.52. The van der Waals surface area contributed by atoms with Gasteiger partial charge in [-0.1, -0.05) is 102 Å². The highest BCUT2D eigenvalue weighted by molar-refractivity contribution is 7.22. The van der Waals surface area contributed by atoms with E-state index in [1.165, 1.54) is 11.3 Å². The van der Waals surface area contributed by atoms with Crippen LogP contribution in [0.1, 0.15) is 46.5 Å². The fourth-order valence-electron chi connectivity index (χ4n) is 6.96. The summed E-state index contributed by atoms with van der Waals surface area (Å²) in [6, 6.07) is 30.3. The molecule has 3 heterocycles. The summed E-state index contributed by atoms with van der Waals surface area (Å²) in [4.78, 5) is 62.7. The number of nitrogens with two attached hydrogens (primary N) is 1. The number of Topliss-reactive ketones (excluding diaryl/α,β-unsaturated/α-hetero) is 1. The number of nitrogen functional groups attached to an aromatic ring is 1. The van der Waals surface area contributed by atoms with Crippen molar-refractivity contribution in [1.29, 1.82) is 0 Å². The molecule has 2 fully saturated rings. The van der Waals surface area contributed by atoms with Gasteiger partial charge in [0.2, 0.25) is 17.6 Å². The third-order valence-corrected chi connectivity index (χ3v) is 10.3. The second-order valence-corrected chi connectivity index (χ2v) is 14.4. The minimum atomic E-state index is -0.830. The Labute approximate surface area is 312 Å². The van der Waals surface area contributed by atoms with Crippen molar-refractivity contribution in [3.63, 3.8) is 0 Å². The van der Waals surface area contributed by atoms with Gasteiger partial charge in [0, 0.05) is 36.7 Å². The van der Waals surface area contributed by atoms with E-state index in [0.717, 1.165) is 26.9 Å². The molecule has 0 aliphatic carbocycles. The number of urea groups is 1. The molecule has 0 saturated carbocycles. The number of piperazine rings is 1. The number of hydrogen-bond donors (Lipinski definition) is 2. The standard InChI is InChI=1S/C41H39N7O4S/c1-27(2)48(41(52)43-23-30-10-5-3-6-11-30)46-26-37(50)47-33(22-29-18-16-28(17-19-29)20-21-34(49)31-12-7-4-8-13-31)39(51)45(25-36(46)47)24-32-14-9-15-35-38(32)44-40(42)53-35/h3-19,27,33,36H,22-26H2,1-2H3,(H2,42,44)(H,43,52)/t33-,36+/m0/s1. The molecule has 11 nitrogen and oxygen atoms in total. The van der Waals surface area contributed by atoms with E-state index in [4.69, 9.17) is 5.73 Å². The largest absolute Gasteiger partial charge is 0.375 e. The SMILES string of the molecule is CC(C)N(C(=O)NCc1ccccc1)N1CC(=O)N2[C@@H](Cc3ccc(C#CC(=O)c4ccccc4)cc3)C(=O)N(Cc3cccc4sc(N)nc34)C[C@@H]21. The summed E-state index contributed by atoms with van der Waals surface area (Å²) in [6.45, 7) is 4.53. The molecule has 5 aromatic rings. The van der Waals surface area contributed by atoms with Crippen molar-refractivity contribution in [2.24, 2.45) is 0 Å². The molecule has 4 amide bonds. The fraction of sp³-hybridized carbons (Fsp3) is 0.244. The van der Waals surface area contributed by atoms with E-state index >= 15 is 0 Å². The van der Waals surface area contributed by atoms with E-state index in [2.05, 4.69) is 22.1 Å². The maximum Gasteiger partial charge on any atom is 0.332 e. The normalized spacial score (nSPS) is 17.1. The van der Waals surface area contributed by atoms with Crippen LogP contribution in [0.5, 0.6) is 0 Å². The number of fused-ring (bicyclic) bond motifs is 2. The maximum atomic E-state index is 14.5. The van der Waals surface area contributed by atoms with Crippen molar-refractivity contribution in [2.45, 2.75) is 51.6 Å². The molecule has 2 saturated heterocycles. The average molecular weight is 726 g/mol. The number of benzene rings is 4. The number of anilines is 1. The van der Waals surface area contributed by atoms with Crippen LogP contribution in [0.3, 0.4) is 0 Å². The number of nitrogens with zero attached hydrogens (tertiary/aromatic N) is 5. The first-order valence-electron chi connectivity index (χ1n) is 17.5. The highest BCUT2D eigenvalue weighted by atomic mass is 32.1. The Morgan fingerprint density at radius 3 is 2.38 bits per heavy atom. The Kier molecular flexibility index (Phi) is 10.2. The molecule has 1 aromatic heterocycles. The monoisotopic (exact) mass is 725 g/mol. The highest BCUT2D eigenvalue weighted by Crippen LogP contribution is 2.33. The van der Waals surface area contributed by atoms with Gasteiger partial charge in [0.1, 0.15) is 12.2 Å². The van der Waals surface area contributed by atoms with Crippen molar-refractivity contribution >= 4 is 50.3 Å². The van der Waals surface area contributed by atoms with Crippen LogP contribution in [0, 0.1) is 11.8 Å². The van der Waals surface area contributed by atoms with Gasteiger partial charge in [-0.15, -0.1) is 0 Å². The molecule has 53 heavy (non-hydrogen) atoms. The lowest BCUT2D eigenvalue weighted by Gasteiger charge is -2.47. The zero-order chi connectivity index (χ0) is 37.1. The number of para-hydroxylation sites is 1.